The Hall–Kier alpha value is -3.63. The first-order chi connectivity index (χ1) is 19.5. The first-order valence-corrected chi connectivity index (χ1v) is 14.9. The van der Waals surface area contributed by atoms with Gasteiger partial charge in [-0.1, -0.05) is 77.9 Å². The number of nitrogens with zero attached hydrogens (tertiary/aromatic N) is 2. The number of piperidine rings is 2. The van der Waals surface area contributed by atoms with E-state index >= 15 is 0 Å². The monoisotopic (exact) mass is 531 g/mol. The van der Waals surface area contributed by atoms with Crippen molar-refractivity contribution in [1.29, 1.82) is 0 Å². The van der Waals surface area contributed by atoms with Crippen LogP contribution in [-0.4, -0.2) is 42.0 Å². The van der Waals surface area contributed by atoms with E-state index in [2.05, 4.69) is 103 Å². The van der Waals surface area contributed by atoms with Gasteiger partial charge in [0.15, 0.2) is 0 Å². The predicted octanol–water partition coefficient (Wildman–Crippen LogP) is 8.25. The van der Waals surface area contributed by atoms with Crippen molar-refractivity contribution in [3.05, 3.63) is 113 Å². The van der Waals surface area contributed by atoms with Crippen LogP contribution in [0, 0.1) is 13.8 Å². The normalized spacial score (nSPS) is 17.3. The van der Waals surface area contributed by atoms with E-state index in [4.69, 9.17) is 0 Å². The van der Waals surface area contributed by atoms with Crippen LogP contribution in [0.4, 0.5) is 10.5 Å². The summed E-state index contributed by atoms with van der Waals surface area (Å²) in [5.74, 6) is 1.22. The Bertz CT molecular complexity index is 1440. The first-order valence-electron chi connectivity index (χ1n) is 14.9. The number of hydrogen-bond acceptors (Lipinski definition) is 2. The highest BCUT2D eigenvalue weighted by molar-refractivity contribution is 5.93. The van der Waals surface area contributed by atoms with Crippen molar-refractivity contribution in [3.63, 3.8) is 0 Å². The lowest BCUT2D eigenvalue weighted by Crippen LogP contribution is -2.40. The highest BCUT2D eigenvalue weighted by Gasteiger charge is 2.24. The largest absolute Gasteiger partial charge is 0.324 e. The fraction of sp³-hybridized carbons (Fsp3) is 0.361. The van der Waals surface area contributed by atoms with Gasteiger partial charge in [-0.25, -0.2) is 4.79 Å². The van der Waals surface area contributed by atoms with E-state index in [1.165, 1.54) is 46.0 Å². The van der Waals surface area contributed by atoms with Gasteiger partial charge in [0.25, 0.3) is 0 Å². The van der Waals surface area contributed by atoms with Crippen LogP contribution in [0.3, 0.4) is 0 Å². The maximum Gasteiger partial charge on any atom is 0.321 e. The molecule has 6 rings (SSSR count). The van der Waals surface area contributed by atoms with Crippen LogP contribution in [0.2, 0.25) is 0 Å². The number of likely N-dealkylation sites (tertiary alicyclic amines) is 2. The minimum Gasteiger partial charge on any atom is -0.324 e. The number of aryl methyl sites for hydroxylation is 2. The third kappa shape index (κ3) is 6.23. The molecule has 0 radical (unpaired) electrons. The molecule has 0 atom stereocenters. The summed E-state index contributed by atoms with van der Waals surface area (Å²) in [6.07, 6.45) is 4.48. The number of urea groups is 1. The van der Waals surface area contributed by atoms with E-state index in [1.54, 1.807) is 0 Å². The summed E-state index contributed by atoms with van der Waals surface area (Å²) in [6, 6.07) is 31.0. The Morgan fingerprint density at radius 2 is 1.20 bits per heavy atom. The Labute approximate surface area is 239 Å². The predicted molar refractivity (Wildman–Crippen MR) is 166 cm³/mol. The quantitative estimate of drug-likeness (QED) is 0.281. The molecular weight excluding hydrogens is 490 g/mol. The second kappa shape index (κ2) is 11.9. The van der Waals surface area contributed by atoms with Crippen molar-refractivity contribution < 1.29 is 4.79 Å². The van der Waals surface area contributed by atoms with Crippen molar-refractivity contribution in [3.8, 4) is 0 Å². The van der Waals surface area contributed by atoms with Gasteiger partial charge in [-0.05, 0) is 110 Å². The molecule has 4 aromatic rings. The molecule has 2 heterocycles. The van der Waals surface area contributed by atoms with Gasteiger partial charge < -0.3 is 10.2 Å². The summed E-state index contributed by atoms with van der Waals surface area (Å²) in [4.78, 5) is 17.5. The average molecular weight is 532 g/mol. The van der Waals surface area contributed by atoms with Crippen molar-refractivity contribution in [2.75, 3.05) is 31.5 Å². The van der Waals surface area contributed by atoms with Crippen LogP contribution in [0.5, 0.6) is 0 Å². The van der Waals surface area contributed by atoms with E-state index in [-0.39, 0.29) is 6.03 Å². The molecule has 4 nitrogen and oxygen atoms in total. The van der Waals surface area contributed by atoms with Crippen LogP contribution in [-0.2, 0) is 6.54 Å². The van der Waals surface area contributed by atoms with E-state index < -0.39 is 0 Å². The molecule has 0 bridgehead atoms. The summed E-state index contributed by atoms with van der Waals surface area (Å²) in [7, 11) is 0. The van der Waals surface area contributed by atoms with Crippen LogP contribution >= 0.6 is 0 Å². The molecule has 0 unspecified atom stereocenters. The minimum atomic E-state index is 0.00682. The molecule has 2 amide bonds. The summed E-state index contributed by atoms with van der Waals surface area (Å²) in [5, 5.41) is 5.54. The average Bonchev–Trinajstić information content (AvgIpc) is 2.98. The van der Waals surface area contributed by atoms with E-state index in [9.17, 15) is 4.79 Å². The van der Waals surface area contributed by atoms with Gasteiger partial charge in [-0.3, -0.25) is 4.90 Å². The number of fused-ring (bicyclic) bond motifs is 1. The molecule has 40 heavy (non-hydrogen) atoms. The Morgan fingerprint density at radius 3 is 1.80 bits per heavy atom. The van der Waals surface area contributed by atoms with Crippen molar-refractivity contribution in [1.82, 2.24) is 9.80 Å². The standard InChI is InChI=1S/C36H41N3O/c1-26-3-8-29(9-4-26)31-15-19-38(20-16-31)25-28-7-12-34-24-35(14-13-33(34)23-28)37-36(40)39-21-17-32(18-22-39)30-10-5-27(2)6-11-30/h3-14,23-24,31-32H,15-22,25H2,1-2H3,(H,37,40). The molecule has 0 saturated carbocycles. The number of nitrogens with one attached hydrogen (secondary N) is 1. The SMILES string of the molecule is Cc1ccc(C2CCN(Cc3ccc4cc(NC(=O)N5CCC(c6ccc(C)cc6)CC5)ccc4c3)CC2)cc1. The Balaban J connectivity index is 1.01. The van der Waals surface area contributed by atoms with Crippen LogP contribution < -0.4 is 5.32 Å². The highest BCUT2D eigenvalue weighted by Crippen LogP contribution is 2.31. The molecule has 2 aliphatic rings. The molecule has 4 aromatic carbocycles. The van der Waals surface area contributed by atoms with Crippen LogP contribution in [0.1, 0.15) is 65.3 Å². The molecule has 206 valence electrons. The van der Waals surface area contributed by atoms with Crippen molar-refractivity contribution >= 4 is 22.5 Å². The summed E-state index contributed by atoms with van der Waals surface area (Å²) >= 11 is 0. The van der Waals surface area contributed by atoms with Crippen molar-refractivity contribution in [2.45, 2.75) is 57.9 Å². The fourth-order valence-corrected chi connectivity index (χ4v) is 6.45. The number of anilines is 1. The van der Waals surface area contributed by atoms with Gasteiger partial charge in [0.2, 0.25) is 0 Å². The molecule has 4 heteroatoms. The van der Waals surface area contributed by atoms with Gasteiger partial charge in [0.05, 0.1) is 0 Å². The van der Waals surface area contributed by atoms with Crippen LogP contribution in [0.25, 0.3) is 10.8 Å². The number of hydrogen-bond donors (Lipinski definition) is 1. The number of carbonyl (C=O) groups is 1. The second-order valence-corrected chi connectivity index (χ2v) is 12.0. The number of amides is 2. The van der Waals surface area contributed by atoms with Crippen LogP contribution in [0.15, 0.2) is 84.9 Å². The topological polar surface area (TPSA) is 35.6 Å². The third-order valence-corrected chi connectivity index (χ3v) is 9.03. The second-order valence-electron chi connectivity index (χ2n) is 12.0. The van der Waals surface area contributed by atoms with E-state index in [1.807, 2.05) is 11.0 Å². The Morgan fingerprint density at radius 1 is 0.675 bits per heavy atom. The maximum absolute atomic E-state index is 13.0. The lowest BCUT2D eigenvalue weighted by atomic mass is 9.89. The smallest absolute Gasteiger partial charge is 0.321 e. The first kappa shape index (κ1) is 26.6. The number of carbonyl (C=O) groups excluding carboxylic acids is 1. The molecule has 0 aromatic heterocycles. The zero-order valence-electron chi connectivity index (χ0n) is 23.9. The number of benzene rings is 4. The molecule has 0 aliphatic carbocycles. The van der Waals surface area contributed by atoms with Gasteiger partial charge in [0, 0.05) is 25.3 Å². The van der Waals surface area contributed by atoms with Gasteiger partial charge in [-0.15, -0.1) is 0 Å². The van der Waals surface area contributed by atoms with E-state index in [0.717, 1.165) is 56.6 Å². The number of rotatable bonds is 5. The summed E-state index contributed by atoms with van der Waals surface area (Å²) < 4.78 is 0. The summed E-state index contributed by atoms with van der Waals surface area (Å²) in [6.45, 7) is 9.15. The lowest BCUT2D eigenvalue weighted by Gasteiger charge is -2.32. The van der Waals surface area contributed by atoms with Crippen molar-refractivity contribution in [2.24, 2.45) is 0 Å². The summed E-state index contributed by atoms with van der Waals surface area (Å²) in [5.41, 5.74) is 7.73. The molecule has 1 N–H and O–H groups in total. The van der Waals surface area contributed by atoms with Gasteiger partial charge in [-0.2, -0.15) is 0 Å². The zero-order chi connectivity index (χ0) is 27.5. The molecular formula is C36H41N3O. The Kier molecular flexibility index (Phi) is 7.88. The highest BCUT2D eigenvalue weighted by atomic mass is 16.2. The van der Waals surface area contributed by atoms with Gasteiger partial charge in [0.1, 0.15) is 0 Å². The molecule has 2 fully saturated rings. The maximum atomic E-state index is 13.0. The molecule has 2 aliphatic heterocycles. The third-order valence-electron chi connectivity index (χ3n) is 9.03. The van der Waals surface area contributed by atoms with Gasteiger partial charge >= 0.3 is 6.03 Å². The molecule has 0 spiro atoms. The fourth-order valence-electron chi connectivity index (χ4n) is 6.45. The minimum absolute atomic E-state index is 0.00682. The lowest BCUT2D eigenvalue weighted by molar-refractivity contribution is 0.194. The van der Waals surface area contributed by atoms with E-state index in [0.29, 0.717) is 11.8 Å². The zero-order valence-corrected chi connectivity index (χ0v) is 23.9. The molecule has 2 saturated heterocycles.